The molecule has 0 spiro atoms. The van der Waals surface area contributed by atoms with Gasteiger partial charge < -0.3 is 9.84 Å². The summed E-state index contributed by atoms with van der Waals surface area (Å²) in [4.78, 5) is 15.1. The summed E-state index contributed by atoms with van der Waals surface area (Å²) in [6.07, 6.45) is 0. The number of pyridine rings is 1. The van der Waals surface area contributed by atoms with Crippen LogP contribution in [0.5, 0.6) is 11.6 Å². The number of aromatic nitrogens is 1. The lowest BCUT2D eigenvalue weighted by Gasteiger charge is -2.12. The van der Waals surface area contributed by atoms with Crippen LogP contribution >= 0.6 is 0 Å². The first kappa shape index (κ1) is 14.5. The number of aromatic carboxylic acids is 1. The van der Waals surface area contributed by atoms with E-state index < -0.39 is 5.97 Å². The van der Waals surface area contributed by atoms with E-state index >= 15 is 0 Å². The van der Waals surface area contributed by atoms with Gasteiger partial charge in [-0.3, -0.25) is 0 Å². The molecule has 1 aromatic carbocycles. The van der Waals surface area contributed by atoms with Crippen molar-refractivity contribution in [3.05, 3.63) is 52.2 Å². The average molecular weight is 282 g/mol. The minimum absolute atomic E-state index is 0.149. The molecule has 0 aliphatic heterocycles. The van der Waals surface area contributed by atoms with Crippen molar-refractivity contribution in [3.63, 3.8) is 0 Å². The number of nitriles is 1. The van der Waals surface area contributed by atoms with E-state index in [1.807, 2.05) is 13.8 Å². The second-order valence-electron chi connectivity index (χ2n) is 4.74. The van der Waals surface area contributed by atoms with E-state index in [2.05, 4.69) is 11.1 Å². The molecule has 1 heterocycles. The van der Waals surface area contributed by atoms with Crippen molar-refractivity contribution in [1.29, 1.82) is 5.26 Å². The molecule has 0 unspecified atom stereocenters. The van der Waals surface area contributed by atoms with E-state index in [1.54, 1.807) is 19.1 Å². The lowest BCUT2D eigenvalue weighted by molar-refractivity contribution is 0.0695. The molecule has 1 aromatic heterocycles. The van der Waals surface area contributed by atoms with E-state index in [9.17, 15) is 4.79 Å². The fraction of sp³-hybridized carbons (Fsp3) is 0.188. The zero-order valence-corrected chi connectivity index (χ0v) is 12.0. The summed E-state index contributed by atoms with van der Waals surface area (Å²) in [5, 5.41) is 17.9. The zero-order chi connectivity index (χ0) is 15.6. The summed E-state index contributed by atoms with van der Waals surface area (Å²) in [6, 6.07) is 8.55. The molecule has 21 heavy (non-hydrogen) atoms. The zero-order valence-electron chi connectivity index (χ0n) is 12.0. The van der Waals surface area contributed by atoms with Crippen LogP contribution in [0.25, 0.3) is 0 Å². The van der Waals surface area contributed by atoms with Crippen LogP contribution in [0.2, 0.25) is 0 Å². The highest BCUT2D eigenvalue weighted by molar-refractivity contribution is 5.88. The lowest BCUT2D eigenvalue weighted by atomic mass is 10.1. The molecule has 0 fully saturated rings. The third-order valence-corrected chi connectivity index (χ3v) is 3.09. The van der Waals surface area contributed by atoms with Crippen LogP contribution in [0, 0.1) is 32.1 Å². The molecule has 0 amide bonds. The van der Waals surface area contributed by atoms with Crippen molar-refractivity contribution in [2.24, 2.45) is 0 Å². The average Bonchev–Trinajstić information content (AvgIpc) is 2.42. The summed E-state index contributed by atoms with van der Waals surface area (Å²) in [7, 11) is 0. The van der Waals surface area contributed by atoms with E-state index in [-0.39, 0.29) is 5.56 Å². The molecule has 2 rings (SSSR count). The van der Waals surface area contributed by atoms with Gasteiger partial charge >= 0.3 is 5.97 Å². The second kappa shape index (κ2) is 5.63. The molecule has 0 atom stereocenters. The van der Waals surface area contributed by atoms with Crippen LogP contribution in [-0.2, 0) is 0 Å². The third-order valence-electron chi connectivity index (χ3n) is 3.09. The summed E-state index contributed by atoms with van der Waals surface area (Å²) >= 11 is 0. The number of carbonyl (C=O) groups is 1. The molecule has 0 saturated carbocycles. The molecule has 0 bridgehead atoms. The van der Waals surface area contributed by atoms with E-state index in [1.165, 1.54) is 12.1 Å². The molecule has 1 N–H and O–H groups in total. The first-order chi connectivity index (χ1) is 9.92. The fourth-order valence-corrected chi connectivity index (χ4v) is 2.10. The minimum atomic E-state index is -1.02. The maximum atomic E-state index is 11.0. The quantitative estimate of drug-likeness (QED) is 0.933. The Morgan fingerprint density at radius 2 is 1.86 bits per heavy atom. The Labute approximate surface area is 122 Å². The molecule has 0 aliphatic carbocycles. The van der Waals surface area contributed by atoms with Gasteiger partial charge in [0, 0.05) is 6.07 Å². The number of carboxylic acid groups (broad SMARTS) is 1. The van der Waals surface area contributed by atoms with Crippen LogP contribution in [-0.4, -0.2) is 16.1 Å². The summed E-state index contributed by atoms with van der Waals surface area (Å²) < 4.78 is 5.74. The Hall–Kier alpha value is -2.87. The van der Waals surface area contributed by atoms with Crippen molar-refractivity contribution in [3.8, 4) is 17.7 Å². The van der Waals surface area contributed by atoms with Gasteiger partial charge in [-0.15, -0.1) is 0 Å². The van der Waals surface area contributed by atoms with Gasteiger partial charge in [0.2, 0.25) is 5.88 Å². The minimum Gasteiger partial charge on any atom is -0.478 e. The summed E-state index contributed by atoms with van der Waals surface area (Å²) in [6.45, 7) is 5.32. The topological polar surface area (TPSA) is 83.2 Å². The molecule has 2 aromatic rings. The SMILES string of the molecule is Cc1cc(C#N)cc(C)c1Oc1ccc(C(=O)O)c(C)n1. The predicted octanol–water partition coefficient (Wildman–Crippen LogP) is 3.37. The molecule has 106 valence electrons. The first-order valence-electron chi connectivity index (χ1n) is 6.32. The molecule has 5 heteroatoms. The van der Waals surface area contributed by atoms with Gasteiger partial charge in [-0.2, -0.15) is 5.26 Å². The van der Waals surface area contributed by atoms with Crippen LogP contribution in [0.3, 0.4) is 0 Å². The molecule has 0 aliphatic rings. The van der Waals surface area contributed by atoms with E-state index in [0.717, 1.165) is 11.1 Å². The smallest absolute Gasteiger partial charge is 0.337 e. The number of benzene rings is 1. The van der Waals surface area contributed by atoms with E-state index in [0.29, 0.717) is 22.9 Å². The largest absolute Gasteiger partial charge is 0.478 e. The number of carboxylic acids is 1. The van der Waals surface area contributed by atoms with E-state index in [4.69, 9.17) is 15.1 Å². The molecule has 0 radical (unpaired) electrons. The van der Waals surface area contributed by atoms with Gasteiger partial charge in [0.15, 0.2) is 0 Å². The van der Waals surface area contributed by atoms with Gasteiger partial charge in [0.25, 0.3) is 0 Å². The highest BCUT2D eigenvalue weighted by atomic mass is 16.5. The summed E-state index contributed by atoms with van der Waals surface area (Å²) in [5.74, 6) is -0.0605. The summed E-state index contributed by atoms with van der Waals surface area (Å²) in [5.41, 5.74) is 2.77. The maximum Gasteiger partial charge on any atom is 0.337 e. The lowest BCUT2D eigenvalue weighted by Crippen LogP contribution is -2.03. The van der Waals surface area contributed by atoms with Crippen molar-refractivity contribution >= 4 is 5.97 Å². The molecular formula is C16H14N2O3. The van der Waals surface area contributed by atoms with Crippen LogP contribution < -0.4 is 4.74 Å². The van der Waals surface area contributed by atoms with Crippen molar-refractivity contribution in [2.75, 3.05) is 0 Å². The molecule has 5 nitrogen and oxygen atoms in total. The highest BCUT2D eigenvalue weighted by Crippen LogP contribution is 2.29. The number of hydrogen-bond donors (Lipinski definition) is 1. The van der Waals surface area contributed by atoms with Gasteiger partial charge in [-0.05, 0) is 50.1 Å². The fourth-order valence-electron chi connectivity index (χ4n) is 2.10. The van der Waals surface area contributed by atoms with Crippen LogP contribution in [0.15, 0.2) is 24.3 Å². The Morgan fingerprint density at radius 3 is 2.33 bits per heavy atom. The second-order valence-corrected chi connectivity index (χ2v) is 4.74. The van der Waals surface area contributed by atoms with Crippen LogP contribution in [0.4, 0.5) is 0 Å². The van der Waals surface area contributed by atoms with Gasteiger partial charge in [0.1, 0.15) is 5.75 Å². The monoisotopic (exact) mass is 282 g/mol. The predicted molar refractivity (Wildman–Crippen MR) is 76.6 cm³/mol. The molecular weight excluding hydrogens is 268 g/mol. The van der Waals surface area contributed by atoms with Gasteiger partial charge in [-0.25, -0.2) is 9.78 Å². The molecule has 0 saturated heterocycles. The number of aryl methyl sites for hydroxylation is 3. The van der Waals surface area contributed by atoms with Crippen LogP contribution in [0.1, 0.15) is 32.7 Å². The maximum absolute atomic E-state index is 11.0. The number of nitrogens with zero attached hydrogens (tertiary/aromatic N) is 2. The Bertz CT molecular complexity index is 738. The first-order valence-corrected chi connectivity index (χ1v) is 6.32. The number of ether oxygens (including phenoxy) is 1. The normalized spacial score (nSPS) is 10.0. The van der Waals surface area contributed by atoms with Gasteiger partial charge in [0.05, 0.1) is 22.9 Å². The van der Waals surface area contributed by atoms with Crippen molar-refractivity contribution < 1.29 is 14.6 Å². The van der Waals surface area contributed by atoms with Gasteiger partial charge in [-0.1, -0.05) is 0 Å². The Balaban J connectivity index is 2.37. The Morgan fingerprint density at radius 1 is 1.24 bits per heavy atom. The van der Waals surface area contributed by atoms with Crippen molar-refractivity contribution in [2.45, 2.75) is 20.8 Å². The third kappa shape index (κ3) is 3.00. The Kier molecular flexibility index (Phi) is 3.90. The number of rotatable bonds is 3. The highest BCUT2D eigenvalue weighted by Gasteiger charge is 2.12. The standard InChI is InChI=1S/C16H14N2O3/c1-9-6-12(8-17)7-10(2)15(9)21-14-5-4-13(16(19)20)11(3)18-14/h4-7H,1-3H3,(H,19,20). The van der Waals surface area contributed by atoms with Crippen molar-refractivity contribution in [1.82, 2.24) is 4.98 Å². The number of hydrogen-bond acceptors (Lipinski definition) is 4.